The van der Waals surface area contributed by atoms with E-state index in [9.17, 15) is 0 Å². The molecule has 8 aromatic carbocycles. The fraction of sp³-hybridized carbons (Fsp3) is 0.0233. The Morgan fingerprint density at radius 1 is 0.333 bits per heavy atom. The van der Waals surface area contributed by atoms with Gasteiger partial charge in [0.15, 0.2) is 0 Å². The smallest absolute Gasteiger partial charge is 0.0494 e. The molecule has 2 heteroatoms. The van der Waals surface area contributed by atoms with Gasteiger partial charge in [-0.05, 0) is 92.7 Å². The predicted octanol–water partition coefficient (Wildman–Crippen LogP) is 12.1. The number of hydrogen-bond acceptors (Lipinski definition) is 2. The first-order valence-electron chi connectivity index (χ1n) is 15.4. The van der Waals surface area contributed by atoms with Crippen LogP contribution in [0.25, 0.3) is 43.4 Å². The molecule has 0 atom stereocenters. The predicted molar refractivity (Wildman–Crippen MR) is 194 cm³/mol. The number of rotatable bonds is 6. The Balaban J connectivity index is 1.22. The van der Waals surface area contributed by atoms with E-state index in [4.69, 9.17) is 0 Å². The van der Waals surface area contributed by atoms with Crippen LogP contribution in [0.3, 0.4) is 0 Å². The molecular formula is C43H32N2. The Hall–Kier alpha value is -5.86. The van der Waals surface area contributed by atoms with Crippen LogP contribution < -0.4 is 9.80 Å². The van der Waals surface area contributed by atoms with Crippen LogP contribution in [0.5, 0.6) is 0 Å². The molecule has 0 spiro atoms. The molecule has 2 nitrogen and oxygen atoms in total. The van der Waals surface area contributed by atoms with Gasteiger partial charge < -0.3 is 9.80 Å². The molecule has 0 saturated carbocycles. The summed E-state index contributed by atoms with van der Waals surface area (Å²) in [5, 5.41) is 7.51. The van der Waals surface area contributed by atoms with E-state index in [0.29, 0.717) is 0 Å². The van der Waals surface area contributed by atoms with Crippen molar-refractivity contribution in [3.63, 3.8) is 0 Å². The van der Waals surface area contributed by atoms with Gasteiger partial charge in [0.05, 0.1) is 0 Å². The molecular weight excluding hydrogens is 544 g/mol. The van der Waals surface area contributed by atoms with Gasteiger partial charge in [-0.3, -0.25) is 0 Å². The number of hydrogen-bond donors (Lipinski definition) is 0. The third-order valence-electron chi connectivity index (χ3n) is 8.81. The van der Waals surface area contributed by atoms with Crippen molar-refractivity contribution in [2.75, 3.05) is 16.8 Å². The van der Waals surface area contributed by atoms with Gasteiger partial charge in [-0.15, -0.1) is 0 Å². The molecule has 0 aliphatic carbocycles. The SMILES string of the molecule is CN(c1ccc(N(c2cccc(-c3ccccc3)c2)c2ccc3ccccc3c2)cc1)c1cc2ccccc2c2ccccc12. The Kier molecular flexibility index (Phi) is 6.73. The highest BCUT2D eigenvalue weighted by Crippen LogP contribution is 2.40. The van der Waals surface area contributed by atoms with Gasteiger partial charge in [-0.2, -0.15) is 0 Å². The maximum Gasteiger partial charge on any atom is 0.0494 e. The summed E-state index contributed by atoms with van der Waals surface area (Å²) in [6.45, 7) is 0. The fourth-order valence-electron chi connectivity index (χ4n) is 6.49. The average molecular weight is 577 g/mol. The van der Waals surface area contributed by atoms with E-state index in [-0.39, 0.29) is 0 Å². The fourth-order valence-corrected chi connectivity index (χ4v) is 6.49. The van der Waals surface area contributed by atoms with Gasteiger partial charge in [0.25, 0.3) is 0 Å². The van der Waals surface area contributed by atoms with Gasteiger partial charge in [0, 0.05) is 40.9 Å². The summed E-state index contributed by atoms with van der Waals surface area (Å²) in [5.41, 5.74) is 8.08. The molecule has 0 aromatic heterocycles. The van der Waals surface area contributed by atoms with E-state index in [1.165, 1.54) is 49.1 Å². The lowest BCUT2D eigenvalue weighted by atomic mass is 9.99. The second-order valence-corrected chi connectivity index (χ2v) is 11.5. The van der Waals surface area contributed by atoms with Crippen LogP contribution in [0.15, 0.2) is 176 Å². The number of anilines is 5. The summed E-state index contributed by atoms with van der Waals surface area (Å²) in [6, 6.07) is 63.3. The van der Waals surface area contributed by atoms with Crippen LogP contribution in [0.4, 0.5) is 28.4 Å². The molecule has 8 aromatic rings. The molecule has 0 saturated heterocycles. The van der Waals surface area contributed by atoms with Crippen molar-refractivity contribution < 1.29 is 0 Å². The monoisotopic (exact) mass is 576 g/mol. The molecule has 0 heterocycles. The van der Waals surface area contributed by atoms with Gasteiger partial charge in [-0.1, -0.05) is 121 Å². The summed E-state index contributed by atoms with van der Waals surface area (Å²) in [6.07, 6.45) is 0. The zero-order valence-corrected chi connectivity index (χ0v) is 25.1. The van der Waals surface area contributed by atoms with Crippen LogP contribution in [0.1, 0.15) is 0 Å². The van der Waals surface area contributed by atoms with Crippen LogP contribution >= 0.6 is 0 Å². The van der Waals surface area contributed by atoms with Crippen molar-refractivity contribution in [2.45, 2.75) is 0 Å². The zero-order chi connectivity index (χ0) is 30.2. The van der Waals surface area contributed by atoms with Crippen LogP contribution in [-0.2, 0) is 0 Å². The highest BCUT2D eigenvalue weighted by Gasteiger charge is 2.16. The lowest BCUT2D eigenvalue weighted by Gasteiger charge is -2.28. The first-order chi connectivity index (χ1) is 22.2. The number of fused-ring (bicyclic) bond motifs is 4. The molecule has 0 radical (unpaired) electrons. The molecule has 45 heavy (non-hydrogen) atoms. The summed E-state index contributed by atoms with van der Waals surface area (Å²) in [4.78, 5) is 4.66. The van der Waals surface area contributed by atoms with Gasteiger partial charge >= 0.3 is 0 Å². The van der Waals surface area contributed by atoms with Crippen molar-refractivity contribution in [3.8, 4) is 11.1 Å². The summed E-state index contributed by atoms with van der Waals surface area (Å²) < 4.78 is 0. The van der Waals surface area contributed by atoms with Crippen LogP contribution in [0, 0.1) is 0 Å². The first kappa shape index (κ1) is 26.7. The van der Waals surface area contributed by atoms with Crippen molar-refractivity contribution >= 4 is 60.8 Å². The molecule has 0 unspecified atom stereocenters. The van der Waals surface area contributed by atoms with Gasteiger partial charge in [-0.25, -0.2) is 0 Å². The van der Waals surface area contributed by atoms with E-state index < -0.39 is 0 Å². The first-order valence-corrected chi connectivity index (χ1v) is 15.4. The van der Waals surface area contributed by atoms with E-state index in [1.807, 2.05) is 0 Å². The molecule has 0 amide bonds. The highest BCUT2D eigenvalue weighted by atomic mass is 15.1. The third kappa shape index (κ3) is 4.97. The highest BCUT2D eigenvalue weighted by molar-refractivity contribution is 6.13. The second-order valence-electron chi connectivity index (χ2n) is 11.5. The number of nitrogens with zero attached hydrogens (tertiary/aromatic N) is 2. The van der Waals surface area contributed by atoms with Gasteiger partial charge in [0.2, 0.25) is 0 Å². The Labute approximate surface area is 264 Å². The van der Waals surface area contributed by atoms with E-state index in [1.54, 1.807) is 0 Å². The van der Waals surface area contributed by atoms with Crippen molar-refractivity contribution in [2.24, 2.45) is 0 Å². The lowest BCUT2D eigenvalue weighted by Crippen LogP contribution is -2.12. The Morgan fingerprint density at radius 3 is 1.71 bits per heavy atom. The molecule has 0 aliphatic rings. The van der Waals surface area contributed by atoms with Gasteiger partial charge in [0.1, 0.15) is 0 Å². The summed E-state index contributed by atoms with van der Waals surface area (Å²) in [5.74, 6) is 0. The molecule has 0 aliphatic heterocycles. The average Bonchev–Trinajstić information content (AvgIpc) is 3.12. The zero-order valence-electron chi connectivity index (χ0n) is 25.1. The second kappa shape index (κ2) is 11.3. The van der Waals surface area contributed by atoms with Crippen LogP contribution in [-0.4, -0.2) is 7.05 Å². The minimum Gasteiger partial charge on any atom is -0.344 e. The minimum absolute atomic E-state index is 1.11. The molecule has 8 rings (SSSR count). The normalized spacial score (nSPS) is 11.2. The van der Waals surface area contributed by atoms with Crippen molar-refractivity contribution in [3.05, 3.63) is 176 Å². The van der Waals surface area contributed by atoms with Crippen molar-refractivity contribution in [1.82, 2.24) is 0 Å². The maximum absolute atomic E-state index is 2.36. The standard InChI is InChI=1S/C43H32N2/c1-44(43-30-35-16-7-8-19-40(35)41-20-9-10-21-42(41)43)36-24-26-37(27-25-36)45(39-23-22-32-14-5-6-15-33(32)29-39)38-18-11-17-34(28-38)31-12-3-2-4-13-31/h2-30H,1H3. The molecule has 0 fully saturated rings. The van der Waals surface area contributed by atoms with E-state index in [0.717, 1.165) is 22.7 Å². The van der Waals surface area contributed by atoms with Crippen molar-refractivity contribution in [1.29, 1.82) is 0 Å². The topological polar surface area (TPSA) is 6.48 Å². The minimum atomic E-state index is 1.11. The lowest BCUT2D eigenvalue weighted by molar-refractivity contribution is 1.22. The quantitative estimate of drug-likeness (QED) is 0.182. The summed E-state index contributed by atoms with van der Waals surface area (Å²) in [7, 11) is 2.16. The Morgan fingerprint density at radius 2 is 0.911 bits per heavy atom. The van der Waals surface area contributed by atoms with E-state index in [2.05, 4.69) is 193 Å². The summed E-state index contributed by atoms with van der Waals surface area (Å²) >= 11 is 0. The molecule has 0 N–H and O–H groups in total. The maximum atomic E-state index is 2.36. The van der Waals surface area contributed by atoms with E-state index >= 15 is 0 Å². The number of benzene rings is 8. The van der Waals surface area contributed by atoms with Crippen LogP contribution in [0.2, 0.25) is 0 Å². The Bertz CT molecular complexity index is 2290. The largest absolute Gasteiger partial charge is 0.344 e. The third-order valence-corrected chi connectivity index (χ3v) is 8.81. The molecule has 0 bridgehead atoms. The molecule has 214 valence electrons.